The van der Waals surface area contributed by atoms with Gasteiger partial charge in [0.1, 0.15) is 0 Å². The maximum absolute atomic E-state index is 12.8. The minimum absolute atomic E-state index is 0.0123. The molecule has 2 aromatic rings. The minimum Gasteiger partial charge on any atom is -0.267 e. The van der Waals surface area contributed by atoms with Crippen LogP contribution in [-0.4, -0.2) is 17.1 Å². The average Bonchev–Trinajstić information content (AvgIpc) is 3.21. The monoisotopic (exact) mass is 288 g/mol. The summed E-state index contributed by atoms with van der Waals surface area (Å²) < 4.78 is 0. The summed E-state index contributed by atoms with van der Waals surface area (Å²) in [7, 11) is 0. The van der Waals surface area contributed by atoms with Crippen LogP contribution in [0.5, 0.6) is 0 Å². The van der Waals surface area contributed by atoms with Crippen molar-refractivity contribution in [3.63, 3.8) is 0 Å². The molecule has 3 nitrogen and oxygen atoms in total. The van der Waals surface area contributed by atoms with Crippen LogP contribution in [0.2, 0.25) is 0 Å². The van der Waals surface area contributed by atoms with Gasteiger partial charge in [0.05, 0.1) is 6.04 Å². The van der Waals surface area contributed by atoms with E-state index in [-0.39, 0.29) is 11.9 Å². The molecule has 0 saturated carbocycles. The Bertz CT molecular complexity index is 777. The van der Waals surface area contributed by atoms with E-state index in [1.807, 2.05) is 42.6 Å². The van der Waals surface area contributed by atoms with Crippen molar-refractivity contribution < 1.29 is 4.79 Å². The Morgan fingerprint density at radius 1 is 1.05 bits per heavy atom. The van der Waals surface area contributed by atoms with Crippen LogP contribution in [0.4, 0.5) is 0 Å². The third-order valence-corrected chi connectivity index (χ3v) is 4.26. The normalized spacial score (nSPS) is 19.2. The van der Waals surface area contributed by atoms with Crippen LogP contribution in [0.3, 0.4) is 0 Å². The van der Waals surface area contributed by atoms with Crippen molar-refractivity contribution >= 4 is 18.2 Å². The van der Waals surface area contributed by atoms with E-state index >= 15 is 0 Å². The van der Waals surface area contributed by atoms with Crippen LogP contribution in [0.1, 0.15) is 29.2 Å². The Labute approximate surface area is 129 Å². The van der Waals surface area contributed by atoms with Crippen LogP contribution in [-0.2, 0) is 11.2 Å². The first-order valence-corrected chi connectivity index (χ1v) is 7.52. The van der Waals surface area contributed by atoms with Crippen molar-refractivity contribution in [3.8, 4) is 0 Å². The number of hydrogen-bond donors (Lipinski definition) is 0. The van der Waals surface area contributed by atoms with E-state index in [1.54, 1.807) is 5.01 Å². The second kappa shape index (κ2) is 5.26. The van der Waals surface area contributed by atoms with Gasteiger partial charge in [0, 0.05) is 24.6 Å². The second-order valence-corrected chi connectivity index (χ2v) is 5.66. The molecule has 0 radical (unpaired) electrons. The Kier molecular flexibility index (Phi) is 3.11. The molecule has 1 aliphatic carbocycles. The summed E-state index contributed by atoms with van der Waals surface area (Å²) in [4.78, 5) is 12.8. The zero-order valence-electron chi connectivity index (χ0n) is 12.1. The molecular formula is C19H16N2O. The lowest BCUT2D eigenvalue weighted by atomic mass is 10.0. The number of amides is 1. The summed E-state index contributed by atoms with van der Waals surface area (Å²) in [6.07, 6.45) is 5.30. The lowest BCUT2D eigenvalue weighted by Gasteiger charge is -2.22. The van der Waals surface area contributed by atoms with Gasteiger partial charge in [-0.25, -0.2) is 5.01 Å². The van der Waals surface area contributed by atoms with Crippen LogP contribution < -0.4 is 0 Å². The number of hydrazone groups is 1. The SMILES string of the molecule is O=C(C1=Cc2ccccc2C1)N1N=CCC1c1ccccc1. The van der Waals surface area contributed by atoms with Gasteiger partial charge in [0.25, 0.3) is 5.91 Å². The van der Waals surface area contributed by atoms with E-state index in [4.69, 9.17) is 0 Å². The molecule has 0 saturated heterocycles. The highest BCUT2D eigenvalue weighted by Gasteiger charge is 2.31. The van der Waals surface area contributed by atoms with Gasteiger partial charge in [0.15, 0.2) is 0 Å². The van der Waals surface area contributed by atoms with Gasteiger partial charge in [-0.3, -0.25) is 4.79 Å². The van der Waals surface area contributed by atoms with Crippen LogP contribution in [0, 0.1) is 0 Å². The highest BCUT2D eigenvalue weighted by Crippen LogP contribution is 2.32. The molecule has 0 fully saturated rings. The number of carbonyl (C=O) groups excluding carboxylic acids is 1. The van der Waals surface area contributed by atoms with E-state index in [9.17, 15) is 4.79 Å². The Hall–Kier alpha value is -2.68. The van der Waals surface area contributed by atoms with Gasteiger partial charge in [-0.1, -0.05) is 54.6 Å². The third-order valence-electron chi connectivity index (χ3n) is 4.26. The number of carbonyl (C=O) groups is 1. The van der Waals surface area contributed by atoms with Gasteiger partial charge >= 0.3 is 0 Å². The highest BCUT2D eigenvalue weighted by atomic mass is 16.2. The summed E-state index contributed by atoms with van der Waals surface area (Å²) in [6, 6.07) is 18.3. The maximum Gasteiger partial charge on any atom is 0.270 e. The van der Waals surface area contributed by atoms with Crippen LogP contribution >= 0.6 is 0 Å². The molecule has 1 amide bonds. The van der Waals surface area contributed by atoms with Gasteiger partial charge in [-0.2, -0.15) is 5.10 Å². The van der Waals surface area contributed by atoms with E-state index in [0.29, 0.717) is 6.42 Å². The molecule has 0 spiro atoms. The number of nitrogens with zero attached hydrogens (tertiary/aromatic N) is 2. The molecule has 1 aliphatic heterocycles. The lowest BCUT2D eigenvalue weighted by molar-refractivity contribution is -0.128. The smallest absolute Gasteiger partial charge is 0.267 e. The highest BCUT2D eigenvalue weighted by molar-refractivity contribution is 6.01. The molecule has 2 aliphatic rings. The van der Waals surface area contributed by atoms with Gasteiger partial charge in [-0.15, -0.1) is 0 Å². The number of fused-ring (bicyclic) bond motifs is 1. The van der Waals surface area contributed by atoms with Crippen molar-refractivity contribution in [3.05, 3.63) is 76.9 Å². The Morgan fingerprint density at radius 3 is 2.64 bits per heavy atom. The standard InChI is InChI=1S/C19H16N2O/c22-19(17-12-15-8-4-5-9-16(15)13-17)21-18(10-11-20-21)14-6-2-1-3-7-14/h1-9,11-12,18H,10,13H2. The minimum atomic E-state index is 0.0123. The topological polar surface area (TPSA) is 32.7 Å². The van der Waals surface area contributed by atoms with Crippen molar-refractivity contribution in [1.29, 1.82) is 0 Å². The Balaban J connectivity index is 1.60. The van der Waals surface area contributed by atoms with Crippen molar-refractivity contribution in [2.75, 3.05) is 0 Å². The van der Waals surface area contributed by atoms with E-state index in [2.05, 4.69) is 29.4 Å². The molecule has 108 valence electrons. The average molecular weight is 288 g/mol. The number of rotatable bonds is 2. The zero-order valence-corrected chi connectivity index (χ0v) is 12.1. The number of benzene rings is 2. The summed E-state index contributed by atoms with van der Waals surface area (Å²) in [5.74, 6) is 0.0128. The molecule has 0 aromatic heterocycles. The first kappa shape index (κ1) is 13.0. The molecule has 1 heterocycles. The molecule has 1 unspecified atom stereocenters. The zero-order chi connectivity index (χ0) is 14.9. The quantitative estimate of drug-likeness (QED) is 0.831. The summed E-state index contributed by atoms with van der Waals surface area (Å²) >= 11 is 0. The predicted molar refractivity (Wildman–Crippen MR) is 87.3 cm³/mol. The molecule has 3 heteroatoms. The molecule has 4 rings (SSSR count). The summed E-state index contributed by atoms with van der Waals surface area (Å²) in [6.45, 7) is 0. The van der Waals surface area contributed by atoms with Gasteiger partial charge < -0.3 is 0 Å². The maximum atomic E-state index is 12.8. The predicted octanol–water partition coefficient (Wildman–Crippen LogP) is 3.59. The van der Waals surface area contributed by atoms with E-state index in [0.717, 1.165) is 23.1 Å². The fraction of sp³-hybridized carbons (Fsp3) is 0.158. The molecule has 1 atom stereocenters. The van der Waals surface area contributed by atoms with Gasteiger partial charge in [-0.05, 0) is 22.8 Å². The van der Waals surface area contributed by atoms with Crippen molar-refractivity contribution in [2.24, 2.45) is 5.10 Å². The van der Waals surface area contributed by atoms with E-state index in [1.165, 1.54) is 5.56 Å². The van der Waals surface area contributed by atoms with Crippen LogP contribution in [0.15, 0.2) is 65.3 Å². The summed E-state index contributed by atoms with van der Waals surface area (Å²) in [5, 5.41) is 5.95. The third kappa shape index (κ3) is 2.15. The molecule has 0 bridgehead atoms. The largest absolute Gasteiger partial charge is 0.270 e. The van der Waals surface area contributed by atoms with Gasteiger partial charge in [0.2, 0.25) is 0 Å². The van der Waals surface area contributed by atoms with Crippen molar-refractivity contribution in [1.82, 2.24) is 5.01 Å². The van der Waals surface area contributed by atoms with Crippen molar-refractivity contribution in [2.45, 2.75) is 18.9 Å². The fourth-order valence-electron chi connectivity index (χ4n) is 3.13. The molecule has 2 aromatic carbocycles. The first-order valence-electron chi connectivity index (χ1n) is 7.52. The molecule has 22 heavy (non-hydrogen) atoms. The second-order valence-electron chi connectivity index (χ2n) is 5.66. The number of hydrogen-bond acceptors (Lipinski definition) is 2. The molecule has 0 N–H and O–H groups in total. The molecular weight excluding hydrogens is 272 g/mol. The lowest BCUT2D eigenvalue weighted by Crippen LogP contribution is -2.28. The van der Waals surface area contributed by atoms with E-state index < -0.39 is 0 Å². The fourth-order valence-corrected chi connectivity index (χ4v) is 3.13. The summed E-state index contributed by atoms with van der Waals surface area (Å²) in [5.41, 5.74) is 4.31. The van der Waals surface area contributed by atoms with Crippen LogP contribution in [0.25, 0.3) is 6.08 Å². The first-order chi connectivity index (χ1) is 10.8. The Morgan fingerprint density at radius 2 is 1.82 bits per heavy atom.